The molecule has 0 N–H and O–H groups in total. The smallest absolute Gasteiger partial charge is 0.208 e. The molecule has 0 aliphatic heterocycles. The molecule has 0 unspecified atom stereocenters. The highest BCUT2D eigenvalue weighted by Crippen LogP contribution is 2.37. The third-order valence-electron chi connectivity index (χ3n) is 4.64. The molecule has 0 saturated carbocycles. The van der Waals surface area contributed by atoms with Crippen molar-refractivity contribution in [3.8, 4) is 11.1 Å². The molecule has 0 aliphatic carbocycles. The molecule has 0 atom stereocenters. The summed E-state index contributed by atoms with van der Waals surface area (Å²) in [4.78, 5) is 4.09. The van der Waals surface area contributed by atoms with Crippen molar-refractivity contribution < 1.29 is 17.2 Å². The normalized spacial score (nSPS) is 11.7. The van der Waals surface area contributed by atoms with E-state index in [1.807, 2.05) is 0 Å². The number of hydrogen-bond donors (Lipinski definition) is 0. The summed E-state index contributed by atoms with van der Waals surface area (Å²) < 4.78 is 54.4. The van der Waals surface area contributed by atoms with Gasteiger partial charge >= 0.3 is 0 Å². The Hall–Kier alpha value is -2.83. The molecular weight excluding hydrogens is 416 g/mol. The molecule has 0 radical (unpaired) electrons. The van der Waals surface area contributed by atoms with E-state index in [9.17, 15) is 17.2 Å². The number of nitrogens with zero attached hydrogens (tertiary/aromatic N) is 1. The fraction of sp³-hybridized carbons (Fsp3) is 0.0455. The highest BCUT2D eigenvalue weighted by molar-refractivity contribution is 7.91. The van der Waals surface area contributed by atoms with Crippen molar-refractivity contribution in [1.29, 1.82) is 0 Å². The van der Waals surface area contributed by atoms with Crippen molar-refractivity contribution in [3.05, 3.63) is 89.1 Å². The Morgan fingerprint density at radius 3 is 2.48 bits per heavy atom. The highest BCUT2D eigenvalue weighted by atomic mass is 35.5. The molecule has 0 spiro atoms. The third-order valence-corrected chi connectivity index (χ3v) is 6.64. The van der Waals surface area contributed by atoms with Crippen molar-refractivity contribution >= 4 is 32.3 Å². The Morgan fingerprint density at radius 1 is 0.966 bits per heavy atom. The minimum atomic E-state index is -4.06. The van der Waals surface area contributed by atoms with E-state index in [2.05, 4.69) is 4.98 Å². The fourth-order valence-corrected chi connectivity index (χ4v) is 4.89. The minimum Gasteiger partial charge on any atom is -0.255 e. The Morgan fingerprint density at radius 2 is 1.76 bits per heavy atom. The lowest BCUT2D eigenvalue weighted by molar-refractivity contribution is 0.593. The van der Waals surface area contributed by atoms with Crippen LogP contribution in [0.5, 0.6) is 0 Å². The lowest BCUT2D eigenvalue weighted by Crippen LogP contribution is -2.06. The van der Waals surface area contributed by atoms with Crippen molar-refractivity contribution in [2.45, 2.75) is 16.7 Å². The van der Waals surface area contributed by atoms with E-state index in [-0.39, 0.29) is 15.4 Å². The van der Waals surface area contributed by atoms with E-state index in [0.29, 0.717) is 27.1 Å². The van der Waals surface area contributed by atoms with Gasteiger partial charge in [-0.2, -0.15) is 0 Å². The Bertz CT molecular complexity index is 1370. The number of halogens is 3. The number of rotatable bonds is 3. The van der Waals surface area contributed by atoms with E-state index in [0.717, 1.165) is 6.07 Å². The SMILES string of the molecule is Cc1cc(S(=O)(=O)c2cnc3cc(Cl)ccc3c2-c2cccc(F)c2)ccc1F. The van der Waals surface area contributed by atoms with Crippen LogP contribution < -0.4 is 0 Å². The number of fused-ring (bicyclic) bond motifs is 1. The zero-order valence-corrected chi connectivity index (χ0v) is 16.7. The summed E-state index contributed by atoms with van der Waals surface area (Å²) in [6, 6.07) is 14.1. The van der Waals surface area contributed by atoms with Crippen LogP contribution in [0.3, 0.4) is 0 Å². The Labute approximate surface area is 171 Å². The topological polar surface area (TPSA) is 47.0 Å². The van der Waals surface area contributed by atoms with E-state index >= 15 is 0 Å². The first-order chi connectivity index (χ1) is 13.8. The maximum atomic E-state index is 13.9. The molecule has 0 amide bonds. The van der Waals surface area contributed by atoms with Crippen molar-refractivity contribution in [3.63, 3.8) is 0 Å². The predicted molar refractivity (Wildman–Crippen MR) is 109 cm³/mol. The van der Waals surface area contributed by atoms with Crippen LogP contribution in [-0.2, 0) is 9.84 Å². The number of sulfone groups is 1. The maximum absolute atomic E-state index is 13.9. The Balaban J connectivity index is 2.08. The summed E-state index contributed by atoms with van der Waals surface area (Å²) >= 11 is 6.05. The van der Waals surface area contributed by atoms with E-state index in [4.69, 9.17) is 11.6 Å². The molecular formula is C22H14ClF2NO2S. The van der Waals surface area contributed by atoms with Gasteiger partial charge in [0.2, 0.25) is 9.84 Å². The Kier molecular flexibility index (Phi) is 4.84. The van der Waals surface area contributed by atoms with Gasteiger partial charge in [-0.25, -0.2) is 17.2 Å². The molecule has 7 heteroatoms. The summed E-state index contributed by atoms with van der Waals surface area (Å²) in [5.41, 5.74) is 1.38. The molecule has 0 bridgehead atoms. The number of aryl methyl sites for hydroxylation is 1. The van der Waals surface area contributed by atoms with Gasteiger partial charge in [-0.1, -0.05) is 29.8 Å². The molecule has 29 heavy (non-hydrogen) atoms. The van der Waals surface area contributed by atoms with Crippen molar-refractivity contribution in [1.82, 2.24) is 4.98 Å². The number of pyridine rings is 1. The van der Waals surface area contributed by atoms with Crippen LogP contribution in [0.1, 0.15) is 5.56 Å². The predicted octanol–water partition coefficient (Wildman–Crippen LogP) is 5.97. The zero-order chi connectivity index (χ0) is 20.8. The first-order valence-electron chi connectivity index (χ1n) is 8.63. The molecule has 146 valence electrons. The van der Waals surface area contributed by atoms with Gasteiger partial charge in [0.15, 0.2) is 0 Å². The van der Waals surface area contributed by atoms with Crippen LogP contribution in [-0.4, -0.2) is 13.4 Å². The van der Waals surface area contributed by atoms with Crippen LogP contribution >= 0.6 is 11.6 Å². The van der Waals surface area contributed by atoms with Gasteiger partial charge in [0, 0.05) is 22.2 Å². The second-order valence-electron chi connectivity index (χ2n) is 6.58. The van der Waals surface area contributed by atoms with E-state index < -0.39 is 21.5 Å². The molecule has 3 nitrogen and oxygen atoms in total. The maximum Gasteiger partial charge on any atom is 0.208 e. The van der Waals surface area contributed by atoms with Gasteiger partial charge in [0.1, 0.15) is 11.6 Å². The van der Waals surface area contributed by atoms with Gasteiger partial charge in [-0.05, 0) is 60.5 Å². The fourth-order valence-electron chi connectivity index (χ4n) is 3.21. The van der Waals surface area contributed by atoms with Gasteiger partial charge in [0.25, 0.3) is 0 Å². The molecule has 0 fully saturated rings. The number of benzene rings is 3. The lowest BCUT2D eigenvalue weighted by Gasteiger charge is -2.14. The van der Waals surface area contributed by atoms with Gasteiger partial charge in [0.05, 0.1) is 15.3 Å². The average Bonchev–Trinajstić information content (AvgIpc) is 2.68. The molecule has 1 aromatic heterocycles. The zero-order valence-electron chi connectivity index (χ0n) is 15.2. The lowest BCUT2D eigenvalue weighted by atomic mass is 10.0. The summed E-state index contributed by atoms with van der Waals surface area (Å²) in [5.74, 6) is -0.997. The average molecular weight is 430 g/mol. The van der Waals surface area contributed by atoms with Crippen molar-refractivity contribution in [2.75, 3.05) is 0 Å². The highest BCUT2D eigenvalue weighted by Gasteiger charge is 2.25. The first-order valence-corrected chi connectivity index (χ1v) is 10.5. The summed E-state index contributed by atoms with van der Waals surface area (Å²) in [6.07, 6.45) is 1.23. The van der Waals surface area contributed by atoms with E-state index in [1.54, 1.807) is 24.3 Å². The van der Waals surface area contributed by atoms with Gasteiger partial charge in [-0.3, -0.25) is 4.98 Å². The van der Waals surface area contributed by atoms with Gasteiger partial charge in [-0.15, -0.1) is 0 Å². The molecule has 4 aromatic rings. The van der Waals surface area contributed by atoms with Crippen LogP contribution in [0.4, 0.5) is 8.78 Å². The third kappa shape index (κ3) is 3.50. The molecule has 3 aromatic carbocycles. The van der Waals surface area contributed by atoms with Crippen LogP contribution in [0.2, 0.25) is 5.02 Å². The summed E-state index contributed by atoms with van der Waals surface area (Å²) in [7, 11) is -4.06. The monoisotopic (exact) mass is 429 g/mol. The number of aromatic nitrogens is 1. The van der Waals surface area contributed by atoms with Crippen LogP contribution in [0, 0.1) is 18.6 Å². The second-order valence-corrected chi connectivity index (χ2v) is 8.94. The van der Waals surface area contributed by atoms with Crippen LogP contribution in [0.15, 0.2) is 76.7 Å². The number of hydrogen-bond acceptors (Lipinski definition) is 3. The summed E-state index contributed by atoms with van der Waals surface area (Å²) in [6.45, 7) is 1.49. The largest absolute Gasteiger partial charge is 0.255 e. The molecule has 4 rings (SSSR count). The van der Waals surface area contributed by atoms with E-state index in [1.165, 1.54) is 43.5 Å². The minimum absolute atomic E-state index is 0.0656. The molecule has 0 aliphatic rings. The standard InChI is InChI=1S/C22H14ClF2NO2S/c1-13-9-17(6-8-19(13)25)29(27,28)21-12-26-20-11-15(23)5-7-18(20)22(21)14-3-2-4-16(24)10-14/h2-12H,1H3. The van der Waals surface area contributed by atoms with Gasteiger partial charge < -0.3 is 0 Å². The second kappa shape index (κ2) is 7.21. The summed E-state index contributed by atoms with van der Waals surface area (Å²) in [5, 5.41) is 0.958. The first kappa shape index (κ1) is 19.5. The van der Waals surface area contributed by atoms with Crippen molar-refractivity contribution in [2.24, 2.45) is 0 Å². The molecule has 0 saturated heterocycles. The molecule has 1 heterocycles. The quantitative estimate of drug-likeness (QED) is 0.377. The van der Waals surface area contributed by atoms with Crippen LogP contribution in [0.25, 0.3) is 22.0 Å².